The fourth-order valence-corrected chi connectivity index (χ4v) is 2.83. The highest BCUT2D eigenvalue weighted by atomic mass is 35.5. The van der Waals surface area contributed by atoms with Crippen molar-refractivity contribution in [3.05, 3.63) is 59.1 Å². The van der Waals surface area contributed by atoms with Crippen LogP contribution in [0.4, 0.5) is 5.69 Å². The first-order chi connectivity index (χ1) is 10.2. The standard InChI is InChI=1S/C16H17ClN2OS/c1-18-10-12-4-2-7-15(8-12)21-11-16(20)19-14-6-3-5-13(17)9-14/h2-9,18H,10-11H2,1H3,(H,19,20). The molecule has 0 radical (unpaired) electrons. The third kappa shape index (κ3) is 5.42. The van der Waals surface area contributed by atoms with Gasteiger partial charge in [0.05, 0.1) is 5.75 Å². The Hall–Kier alpha value is -1.49. The molecule has 21 heavy (non-hydrogen) atoms. The number of hydrogen-bond donors (Lipinski definition) is 2. The third-order valence-corrected chi connectivity index (χ3v) is 3.99. The van der Waals surface area contributed by atoms with E-state index < -0.39 is 0 Å². The molecule has 0 spiro atoms. The molecule has 5 heteroatoms. The Morgan fingerprint density at radius 1 is 1.19 bits per heavy atom. The van der Waals surface area contributed by atoms with Crippen molar-refractivity contribution in [3.63, 3.8) is 0 Å². The van der Waals surface area contributed by atoms with Crippen molar-refractivity contribution in [1.82, 2.24) is 5.32 Å². The smallest absolute Gasteiger partial charge is 0.234 e. The van der Waals surface area contributed by atoms with Gasteiger partial charge >= 0.3 is 0 Å². The van der Waals surface area contributed by atoms with Crippen LogP contribution < -0.4 is 10.6 Å². The Morgan fingerprint density at radius 2 is 2.00 bits per heavy atom. The average molecular weight is 321 g/mol. The molecule has 0 atom stereocenters. The Labute approximate surface area is 134 Å². The molecule has 2 rings (SSSR count). The molecule has 2 aromatic carbocycles. The molecule has 1 amide bonds. The molecular weight excluding hydrogens is 304 g/mol. The van der Waals surface area contributed by atoms with Gasteiger partial charge in [0.2, 0.25) is 5.91 Å². The second kappa shape index (κ2) is 8.08. The number of rotatable bonds is 6. The Balaban J connectivity index is 1.87. The molecule has 0 fully saturated rings. The number of amides is 1. The fourth-order valence-electron chi connectivity index (χ4n) is 1.86. The highest BCUT2D eigenvalue weighted by molar-refractivity contribution is 8.00. The van der Waals surface area contributed by atoms with E-state index in [-0.39, 0.29) is 5.91 Å². The van der Waals surface area contributed by atoms with Gasteiger partial charge in [0.25, 0.3) is 0 Å². The highest BCUT2D eigenvalue weighted by Crippen LogP contribution is 2.20. The van der Waals surface area contributed by atoms with Gasteiger partial charge in [-0.15, -0.1) is 11.8 Å². The summed E-state index contributed by atoms with van der Waals surface area (Å²) in [7, 11) is 1.91. The van der Waals surface area contributed by atoms with Crippen molar-refractivity contribution in [3.8, 4) is 0 Å². The van der Waals surface area contributed by atoms with Crippen molar-refractivity contribution in [2.24, 2.45) is 0 Å². The molecule has 0 bridgehead atoms. The number of halogens is 1. The van der Waals surface area contributed by atoms with Crippen molar-refractivity contribution in [1.29, 1.82) is 0 Å². The van der Waals surface area contributed by atoms with Crippen LogP contribution in [0.3, 0.4) is 0 Å². The second-order valence-corrected chi connectivity index (χ2v) is 6.01. The van der Waals surface area contributed by atoms with Gasteiger partial charge in [-0.2, -0.15) is 0 Å². The number of thioether (sulfide) groups is 1. The minimum Gasteiger partial charge on any atom is -0.325 e. The summed E-state index contributed by atoms with van der Waals surface area (Å²) < 4.78 is 0. The lowest BCUT2D eigenvalue weighted by atomic mass is 10.2. The second-order valence-electron chi connectivity index (χ2n) is 4.52. The maximum absolute atomic E-state index is 11.9. The number of hydrogen-bond acceptors (Lipinski definition) is 3. The molecule has 110 valence electrons. The van der Waals surface area contributed by atoms with Crippen LogP contribution >= 0.6 is 23.4 Å². The predicted molar refractivity (Wildman–Crippen MR) is 90.0 cm³/mol. The average Bonchev–Trinajstić information content (AvgIpc) is 2.46. The van der Waals surface area contributed by atoms with E-state index >= 15 is 0 Å². The lowest BCUT2D eigenvalue weighted by Crippen LogP contribution is -2.13. The summed E-state index contributed by atoms with van der Waals surface area (Å²) in [6.45, 7) is 0.823. The van der Waals surface area contributed by atoms with E-state index in [2.05, 4.69) is 22.8 Å². The van der Waals surface area contributed by atoms with E-state index in [0.717, 1.165) is 17.1 Å². The van der Waals surface area contributed by atoms with Crippen molar-refractivity contribution < 1.29 is 4.79 Å². The zero-order chi connectivity index (χ0) is 15.1. The summed E-state index contributed by atoms with van der Waals surface area (Å²) in [5.74, 6) is 0.330. The largest absolute Gasteiger partial charge is 0.325 e. The van der Waals surface area contributed by atoms with Gasteiger partial charge in [-0.05, 0) is 42.9 Å². The monoisotopic (exact) mass is 320 g/mol. The van der Waals surface area contributed by atoms with Crippen LogP contribution in [0.2, 0.25) is 5.02 Å². The first-order valence-corrected chi connectivity index (χ1v) is 7.95. The van der Waals surface area contributed by atoms with Gasteiger partial charge in [-0.25, -0.2) is 0 Å². The summed E-state index contributed by atoms with van der Waals surface area (Å²) in [5.41, 5.74) is 1.93. The van der Waals surface area contributed by atoms with Gasteiger partial charge in [0, 0.05) is 22.2 Å². The number of carbonyl (C=O) groups excluding carboxylic acids is 1. The molecule has 2 N–H and O–H groups in total. The van der Waals surface area contributed by atoms with Crippen LogP contribution in [-0.4, -0.2) is 18.7 Å². The maximum Gasteiger partial charge on any atom is 0.234 e. The van der Waals surface area contributed by atoms with E-state index in [1.165, 1.54) is 17.3 Å². The maximum atomic E-state index is 11.9. The summed E-state index contributed by atoms with van der Waals surface area (Å²) in [6.07, 6.45) is 0. The summed E-state index contributed by atoms with van der Waals surface area (Å²) >= 11 is 7.41. The SMILES string of the molecule is CNCc1cccc(SCC(=O)Nc2cccc(Cl)c2)c1. The molecule has 0 heterocycles. The lowest BCUT2D eigenvalue weighted by molar-refractivity contribution is -0.113. The van der Waals surface area contributed by atoms with Gasteiger partial charge in [-0.3, -0.25) is 4.79 Å². The van der Waals surface area contributed by atoms with Crippen LogP contribution in [0.25, 0.3) is 0 Å². The van der Waals surface area contributed by atoms with Gasteiger partial charge in [-0.1, -0.05) is 29.8 Å². The number of benzene rings is 2. The van der Waals surface area contributed by atoms with E-state index in [4.69, 9.17) is 11.6 Å². The minimum atomic E-state index is -0.0405. The molecule has 0 aromatic heterocycles. The lowest BCUT2D eigenvalue weighted by Gasteiger charge is -2.07. The van der Waals surface area contributed by atoms with Crippen molar-refractivity contribution in [2.45, 2.75) is 11.4 Å². The van der Waals surface area contributed by atoms with Crippen LogP contribution in [0.1, 0.15) is 5.56 Å². The number of anilines is 1. The van der Waals surface area contributed by atoms with Crippen molar-refractivity contribution in [2.75, 3.05) is 18.1 Å². The van der Waals surface area contributed by atoms with E-state index in [9.17, 15) is 4.79 Å². The number of carbonyl (C=O) groups is 1. The summed E-state index contributed by atoms with van der Waals surface area (Å²) in [4.78, 5) is 13.0. The molecule has 0 aliphatic carbocycles. The molecule has 2 aromatic rings. The Bertz CT molecular complexity index is 619. The fraction of sp³-hybridized carbons (Fsp3) is 0.188. The molecule has 0 aliphatic heterocycles. The first-order valence-electron chi connectivity index (χ1n) is 6.59. The molecule has 0 unspecified atom stereocenters. The van der Waals surface area contributed by atoms with Crippen LogP contribution in [0.15, 0.2) is 53.4 Å². The Kier molecular flexibility index (Phi) is 6.11. The molecule has 0 saturated carbocycles. The van der Waals surface area contributed by atoms with Crippen LogP contribution in [0.5, 0.6) is 0 Å². The first kappa shape index (κ1) is 15.9. The third-order valence-electron chi connectivity index (χ3n) is 2.76. The topological polar surface area (TPSA) is 41.1 Å². The predicted octanol–water partition coefficient (Wildman–Crippen LogP) is 3.79. The number of nitrogens with one attached hydrogen (secondary N) is 2. The summed E-state index contributed by atoms with van der Waals surface area (Å²) in [5, 5.41) is 6.56. The van der Waals surface area contributed by atoms with Crippen LogP contribution in [-0.2, 0) is 11.3 Å². The van der Waals surface area contributed by atoms with Crippen LogP contribution in [0, 0.1) is 0 Å². The van der Waals surface area contributed by atoms with Gasteiger partial charge in [0.15, 0.2) is 0 Å². The summed E-state index contributed by atoms with van der Waals surface area (Å²) in [6, 6.07) is 15.3. The zero-order valence-corrected chi connectivity index (χ0v) is 13.3. The molecule has 0 aliphatic rings. The van der Waals surface area contributed by atoms with Crippen molar-refractivity contribution >= 4 is 35.0 Å². The Morgan fingerprint density at radius 3 is 2.76 bits per heavy atom. The van der Waals surface area contributed by atoms with E-state index in [1.54, 1.807) is 12.1 Å². The molecule has 3 nitrogen and oxygen atoms in total. The minimum absolute atomic E-state index is 0.0405. The van der Waals surface area contributed by atoms with Gasteiger partial charge in [0.1, 0.15) is 0 Å². The van der Waals surface area contributed by atoms with Gasteiger partial charge < -0.3 is 10.6 Å². The molecular formula is C16H17ClN2OS. The normalized spacial score (nSPS) is 10.4. The zero-order valence-electron chi connectivity index (χ0n) is 11.7. The highest BCUT2D eigenvalue weighted by Gasteiger charge is 2.04. The quantitative estimate of drug-likeness (QED) is 0.796. The molecule has 0 saturated heterocycles. The van der Waals surface area contributed by atoms with E-state index in [1.807, 2.05) is 31.3 Å². The van der Waals surface area contributed by atoms with E-state index in [0.29, 0.717) is 10.8 Å².